The standard InChI is InChI=1S/C16H22S/c1-15(2,3)11-9-13(16(4,5)6)12-7-8-17-14(12)10-11/h7-10H,1-6H3. The van der Waals surface area contributed by atoms with E-state index in [1.165, 1.54) is 21.2 Å². The Balaban J connectivity index is 2.76. The third-order valence-electron chi connectivity index (χ3n) is 3.25. The number of benzene rings is 1. The Morgan fingerprint density at radius 2 is 1.53 bits per heavy atom. The zero-order valence-corrected chi connectivity index (χ0v) is 12.5. The predicted octanol–water partition coefficient (Wildman–Crippen LogP) is 5.50. The van der Waals surface area contributed by atoms with E-state index in [0.29, 0.717) is 0 Å². The summed E-state index contributed by atoms with van der Waals surface area (Å²) in [5.41, 5.74) is 3.34. The largest absolute Gasteiger partial charge is 0.144 e. The van der Waals surface area contributed by atoms with Crippen LogP contribution in [0.15, 0.2) is 23.6 Å². The molecule has 92 valence electrons. The topological polar surface area (TPSA) is 0 Å². The molecule has 2 aromatic rings. The molecule has 17 heavy (non-hydrogen) atoms. The van der Waals surface area contributed by atoms with E-state index in [1.54, 1.807) is 0 Å². The summed E-state index contributed by atoms with van der Waals surface area (Å²) in [6.45, 7) is 13.8. The van der Waals surface area contributed by atoms with Crippen molar-refractivity contribution in [3.05, 3.63) is 34.7 Å². The van der Waals surface area contributed by atoms with E-state index in [4.69, 9.17) is 0 Å². The number of hydrogen-bond acceptors (Lipinski definition) is 1. The van der Waals surface area contributed by atoms with Crippen LogP contribution in [0, 0.1) is 0 Å². The van der Waals surface area contributed by atoms with Crippen LogP contribution in [-0.4, -0.2) is 0 Å². The SMILES string of the molecule is CC(C)(C)c1cc(C(C)(C)C)c2ccsc2c1. The lowest BCUT2D eigenvalue weighted by atomic mass is 9.79. The van der Waals surface area contributed by atoms with Crippen molar-refractivity contribution in [1.82, 2.24) is 0 Å². The van der Waals surface area contributed by atoms with Crippen LogP contribution in [0.4, 0.5) is 0 Å². The van der Waals surface area contributed by atoms with Gasteiger partial charge in [0.15, 0.2) is 0 Å². The summed E-state index contributed by atoms with van der Waals surface area (Å²) >= 11 is 1.85. The number of fused-ring (bicyclic) bond motifs is 1. The minimum absolute atomic E-state index is 0.209. The summed E-state index contributed by atoms with van der Waals surface area (Å²) in [5, 5.41) is 3.63. The Kier molecular flexibility index (Phi) is 2.86. The van der Waals surface area contributed by atoms with Gasteiger partial charge in [-0.1, -0.05) is 47.6 Å². The van der Waals surface area contributed by atoms with Crippen molar-refractivity contribution in [2.45, 2.75) is 52.4 Å². The van der Waals surface area contributed by atoms with Gasteiger partial charge in [0.05, 0.1) is 0 Å². The van der Waals surface area contributed by atoms with Crippen LogP contribution in [0.3, 0.4) is 0 Å². The molecule has 1 aromatic heterocycles. The highest BCUT2D eigenvalue weighted by Gasteiger charge is 2.22. The van der Waals surface area contributed by atoms with Crippen molar-refractivity contribution in [2.75, 3.05) is 0 Å². The van der Waals surface area contributed by atoms with Gasteiger partial charge in [-0.25, -0.2) is 0 Å². The van der Waals surface area contributed by atoms with Gasteiger partial charge < -0.3 is 0 Å². The Hall–Kier alpha value is -0.820. The summed E-state index contributed by atoms with van der Waals surface area (Å²) in [6, 6.07) is 7.01. The Labute approximate surface area is 109 Å². The molecule has 0 nitrogen and oxygen atoms in total. The Morgan fingerprint density at radius 1 is 0.882 bits per heavy atom. The normalized spacial score (nSPS) is 13.3. The van der Waals surface area contributed by atoms with E-state index >= 15 is 0 Å². The molecule has 0 unspecified atom stereocenters. The second-order valence-electron chi connectivity index (χ2n) is 6.86. The molecule has 0 saturated heterocycles. The van der Waals surface area contributed by atoms with Crippen molar-refractivity contribution in [2.24, 2.45) is 0 Å². The Bertz CT molecular complexity index is 533. The van der Waals surface area contributed by atoms with Gasteiger partial charge >= 0.3 is 0 Å². The minimum Gasteiger partial charge on any atom is -0.144 e. The molecule has 1 aromatic carbocycles. The van der Waals surface area contributed by atoms with Crippen molar-refractivity contribution in [3.63, 3.8) is 0 Å². The highest BCUT2D eigenvalue weighted by Crippen LogP contribution is 2.37. The van der Waals surface area contributed by atoms with Crippen molar-refractivity contribution in [3.8, 4) is 0 Å². The first kappa shape index (κ1) is 12.6. The lowest BCUT2D eigenvalue weighted by molar-refractivity contribution is 0.573. The molecule has 0 aliphatic heterocycles. The fourth-order valence-electron chi connectivity index (χ4n) is 2.12. The molecule has 2 rings (SSSR count). The lowest BCUT2D eigenvalue weighted by Crippen LogP contribution is -2.16. The highest BCUT2D eigenvalue weighted by atomic mass is 32.1. The molecule has 0 saturated carbocycles. The highest BCUT2D eigenvalue weighted by molar-refractivity contribution is 7.17. The van der Waals surface area contributed by atoms with Gasteiger partial charge in [-0.05, 0) is 44.9 Å². The zero-order chi connectivity index (χ0) is 12.8. The van der Waals surface area contributed by atoms with Crippen molar-refractivity contribution in [1.29, 1.82) is 0 Å². The zero-order valence-electron chi connectivity index (χ0n) is 11.7. The number of thiophene rings is 1. The summed E-state index contributed by atoms with van der Waals surface area (Å²) in [7, 11) is 0. The fraction of sp³-hybridized carbons (Fsp3) is 0.500. The molecule has 0 spiro atoms. The van der Waals surface area contributed by atoms with E-state index in [9.17, 15) is 0 Å². The third-order valence-corrected chi connectivity index (χ3v) is 4.11. The molecular formula is C16H22S. The molecule has 0 fully saturated rings. The van der Waals surface area contributed by atoms with Crippen LogP contribution in [0.1, 0.15) is 52.7 Å². The van der Waals surface area contributed by atoms with E-state index < -0.39 is 0 Å². The summed E-state index contributed by atoms with van der Waals surface area (Å²) in [4.78, 5) is 0. The fourth-order valence-corrected chi connectivity index (χ4v) is 2.98. The lowest BCUT2D eigenvalue weighted by Gasteiger charge is -2.25. The third kappa shape index (κ3) is 2.40. The van der Waals surface area contributed by atoms with Crippen molar-refractivity contribution >= 4 is 21.4 Å². The number of rotatable bonds is 0. The monoisotopic (exact) mass is 246 g/mol. The second-order valence-corrected chi connectivity index (χ2v) is 7.80. The van der Waals surface area contributed by atoms with Gasteiger partial charge in [0, 0.05) is 4.70 Å². The van der Waals surface area contributed by atoms with Gasteiger partial charge in [-0.2, -0.15) is 0 Å². The molecule has 0 bridgehead atoms. The molecule has 0 aliphatic rings. The van der Waals surface area contributed by atoms with Crippen LogP contribution >= 0.6 is 11.3 Å². The van der Waals surface area contributed by atoms with E-state index in [1.807, 2.05) is 11.3 Å². The molecule has 0 aliphatic carbocycles. The molecule has 1 heterocycles. The van der Waals surface area contributed by atoms with Gasteiger partial charge in [0.1, 0.15) is 0 Å². The maximum atomic E-state index is 2.40. The summed E-state index contributed by atoms with van der Waals surface area (Å²) < 4.78 is 1.42. The second kappa shape index (κ2) is 3.84. The van der Waals surface area contributed by atoms with Gasteiger partial charge in [-0.15, -0.1) is 11.3 Å². The first-order valence-electron chi connectivity index (χ1n) is 6.22. The molecular weight excluding hydrogens is 224 g/mol. The van der Waals surface area contributed by atoms with Crippen LogP contribution in [0.2, 0.25) is 0 Å². The smallest absolute Gasteiger partial charge is 0.0348 e. The maximum absolute atomic E-state index is 2.40. The van der Waals surface area contributed by atoms with Crippen molar-refractivity contribution < 1.29 is 0 Å². The van der Waals surface area contributed by atoms with Crippen LogP contribution < -0.4 is 0 Å². The average Bonchev–Trinajstić information content (AvgIpc) is 2.59. The molecule has 0 radical (unpaired) electrons. The molecule has 0 N–H and O–H groups in total. The first-order chi connectivity index (χ1) is 7.69. The molecule has 0 atom stereocenters. The van der Waals surface area contributed by atoms with Gasteiger partial charge in [0.2, 0.25) is 0 Å². The van der Waals surface area contributed by atoms with Crippen LogP contribution in [0.5, 0.6) is 0 Å². The first-order valence-corrected chi connectivity index (χ1v) is 7.10. The molecule has 0 amide bonds. The number of hydrogen-bond donors (Lipinski definition) is 0. The van der Waals surface area contributed by atoms with E-state index in [2.05, 4.69) is 65.1 Å². The quantitative estimate of drug-likeness (QED) is 0.576. The molecule has 1 heteroatoms. The van der Waals surface area contributed by atoms with Gasteiger partial charge in [0.25, 0.3) is 0 Å². The average molecular weight is 246 g/mol. The summed E-state index contributed by atoms with van der Waals surface area (Å²) in [5.74, 6) is 0. The van der Waals surface area contributed by atoms with Crippen LogP contribution in [-0.2, 0) is 10.8 Å². The predicted molar refractivity (Wildman–Crippen MR) is 79.2 cm³/mol. The van der Waals surface area contributed by atoms with E-state index in [0.717, 1.165) is 0 Å². The Morgan fingerprint density at radius 3 is 2.06 bits per heavy atom. The van der Waals surface area contributed by atoms with Gasteiger partial charge in [-0.3, -0.25) is 0 Å². The maximum Gasteiger partial charge on any atom is 0.0348 e. The van der Waals surface area contributed by atoms with Crippen LogP contribution in [0.25, 0.3) is 10.1 Å². The minimum atomic E-state index is 0.209. The van der Waals surface area contributed by atoms with E-state index in [-0.39, 0.29) is 10.8 Å². The summed E-state index contributed by atoms with van der Waals surface area (Å²) in [6.07, 6.45) is 0.